The van der Waals surface area contributed by atoms with Gasteiger partial charge in [0.1, 0.15) is 5.75 Å². The average molecular weight is 292 g/mol. The highest BCUT2D eigenvalue weighted by Crippen LogP contribution is 2.16. The number of nitrogens with one attached hydrogen (secondary N) is 1. The van der Waals surface area contributed by atoms with Gasteiger partial charge >= 0.3 is 0 Å². The molecule has 1 heterocycles. The number of aromatic nitrogens is 1. The van der Waals surface area contributed by atoms with Crippen LogP contribution in [0, 0.1) is 0 Å². The molecule has 0 aliphatic rings. The molecule has 0 unspecified atom stereocenters. The topological polar surface area (TPSA) is 43.3 Å². The van der Waals surface area contributed by atoms with E-state index in [4.69, 9.17) is 4.74 Å². The zero-order valence-electron chi connectivity index (χ0n) is 12.2. The normalized spacial score (nSPS) is 10.2. The molecule has 4 heteroatoms. The van der Waals surface area contributed by atoms with Crippen LogP contribution in [0.15, 0.2) is 73.1 Å². The highest BCUT2D eigenvalue weighted by Gasteiger charge is 2.06. The van der Waals surface area contributed by atoms with Crippen LogP contribution < -0.4 is 10.1 Å². The van der Waals surface area contributed by atoms with Crippen LogP contribution in [-0.2, 0) is 0 Å². The minimum absolute atomic E-state index is 0.135. The van der Waals surface area contributed by atoms with Gasteiger partial charge in [0.2, 0.25) is 0 Å². The Morgan fingerprint density at radius 3 is 2.18 bits per heavy atom. The number of carbonyl (C=O) groups is 1. The van der Waals surface area contributed by atoms with E-state index >= 15 is 0 Å². The predicted octanol–water partition coefficient (Wildman–Crippen LogP) is 3.74. The molecule has 0 fully saturated rings. The second kappa shape index (κ2) is 6.18. The fourth-order valence-corrected chi connectivity index (χ4v) is 2.17. The molecule has 3 aromatic rings. The Labute approximate surface area is 129 Å². The standard InChI is InChI=1S/C18H16N2O2/c1-22-17-10-6-15(7-11-17)19-18(21)14-4-8-16(9-5-14)20-12-2-3-13-20/h2-13H,1H3,(H,19,21). The quantitative estimate of drug-likeness (QED) is 0.796. The molecule has 0 saturated carbocycles. The predicted molar refractivity (Wildman–Crippen MR) is 86.7 cm³/mol. The molecule has 1 N–H and O–H groups in total. The number of ether oxygens (including phenoxy) is 1. The molecule has 3 rings (SSSR count). The maximum atomic E-state index is 12.2. The van der Waals surface area contributed by atoms with E-state index in [0.717, 1.165) is 17.1 Å². The fourth-order valence-electron chi connectivity index (χ4n) is 2.17. The Kier molecular flexibility index (Phi) is 3.92. The minimum Gasteiger partial charge on any atom is -0.497 e. The molecule has 2 aromatic carbocycles. The molecule has 1 amide bonds. The first-order valence-electron chi connectivity index (χ1n) is 6.95. The van der Waals surface area contributed by atoms with Gasteiger partial charge in [-0.1, -0.05) is 0 Å². The van der Waals surface area contributed by atoms with Crippen molar-refractivity contribution in [2.45, 2.75) is 0 Å². The Hall–Kier alpha value is -3.01. The average Bonchev–Trinajstić information content (AvgIpc) is 3.10. The summed E-state index contributed by atoms with van der Waals surface area (Å²) in [6, 6.07) is 18.6. The second-order valence-electron chi connectivity index (χ2n) is 4.82. The van der Waals surface area contributed by atoms with E-state index in [0.29, 0.717) is 5.56 Å². The van der Waals surface area contributed by atoms with Crippen LogP contribution >= 0.6 is 0 Å². The summed E-state index contributed by atoms with van der Waals surface area (Å²) in [6.45, 7) is 0. The number of anilines is 1. The van der Waals surface area contributed by atoms with Gasteiger partial charge in [-0.15, -0.1) is 0 Å². The van der Waals surface area contributed by atoms with E-state index in [1.165, 1.54) is 0 Å². The smallest absolute Gasteiger partial charge is 0.255 e. The lowest BCUT2D eigenvalue weighted by molar-refractivity contribution is 0.102. The van der Waals surface area contributed by atoms with Crippen molar-refractivity contribution < 1.29 is 9.53 Å². The van der Waals surface area contributed by atoms with Gasteiger partial charge in [0.15, 0.2) is 0 Å². The summed E-state index contributed by atoms with van der Waals surface area (Å²) >= 11 is 0. The fraction of sp³-hybridized carbons (Fsp3) is 0.0556. The molecule has 22 heavy (non-hydrogen) atoms. The first-order chi connectivity index (χ1) is 10.8. The minimum atomic E-state index is -0.135. The van der Waals surface area contributed by atoms with Crippen LogP contribution in [0.2, 0.25) is 0 Å². The van der Waals surface area contributed by atoms with Gasteiger partial charge in [-0.2, -0.15) is 0 Å². The summed E-state index contributed by atoms with van der Waals surface area (Å²) in [5.41, 5.74) is 2.37. The van der Waals surface area contributed by atoms with Crippen molar-refractivity contribution in [3.8, 4) is 11.4 Å². The van der Waals surface area contributed by atoms with E-state index in [9.17, 15) is 4.79 Å². The van der Waals surface area contributed by atoms with Crippen molar-refractivity contribution in [2.24, 2.45) is 0 Å². The maximum absolute atomic E-state index is 12.2. The third kappa shape index (κ3) is 3.01. The number of benzene rings is 2. The summed E-state index contributed by atoms with van der Waals surface area (Å²) < 4.78 is 7.08. The zero-order valence-corrected chi connectivity index (χ0v) is 12.2. The molecule has 4 nitrogen and oxygen atoms in total. The van der Waals surface area contributed by atoms with Crippen LogP contribution in [0.5, 0.6) is 5.75 Å². The number of hydrogen-bond donors (Lipinski definition) is 1. The maximum Gasteiger partial charge on any atom is 0.255 e. The number of carbonyl (C=O) groups excluding carboxylic acids is 1. The Morgan fingerprint density at radius 2 is 1.59 bits per heavy atom. The van der Waals surface area contributed by atoms with Crippen molar-refractivity contribution in [1.29, 1.82) is 0 Å². The van der Waals surface area contributed by atoms with Gasteiger partial charge < -0.3 is 14.6 Å². The van der Waals surface area contributed by atoms with Gasteiger partial charge in [-0.25, -0.2) is 0 Å². The largest absolute Gasteiger partial charge is 0.497 e. The van der Waals surface area contributed by atoms with Crippen LogP contribution in [0.1, 0.15) is 10.4 Å². The molecular weight excluding hydrogens is 276 g/mol. The summed E-state index contributed by atoms with van der Waals surface area (Å²) in [5.74, 6) is 0.623. The molecule has 0 bridgehead atoms. The van der Waals surface area contributed by atoms with Crippen LogP contribution in [0.3, 0.4) is 0 Å². The van der Waals surface area contributed by atoms with Gasteiger partial charge in [0, 0.05) is 29.3 Å². The second-order valence-corrected chi connectivity index (χ2v) is 4.82. The van der Waals surface area contributed by atoms with Crippen LogP contribution in [-0.4, -0.2) is 17.6 Å². The van der Waals surface area contributed by atoms with Crippen molar-refractivity contribution in [3.63, 3.8) is 0 Å². The Morgan fingerprint density at radius 1 is 0.955 bits per heavy atom. The van der Waals surface area contributed by atoms with E-state index in [1.807, 2.05) is 77.6 Å². The molecule has 0 spiro atoms. The third-order valence-electron chi connectivity index (χ3n) is 3.38. The molecule has 1 aromatic heterocycles. The molecule has 0 saturated heterocycles. The third-order valence-corrected chi connectivity index (χ3v) is 3.38. The zero-order chi connectivity index (χ0) is 15.4. The summed E-state index contributed by atoms with van der Waals surface area (Å²) in [5, 5.41) is 2.86. The highest BCUT2D eigenvalue weighted by atomic mass is 16.5. The molecule has 0 aliphatic heterocycles. The Balaban J connectivity index is 1.71. The van der Waals surface area contributed by atoms with Crippen molar-refractivity contribution in [3.05, 3.63) is 78.6 Å². The van der Waals surface area contributed by atoms with E-state index < -0.39 is 0 Å². The van der Waals surface area contributed by atoms with Crippen molar-refractivity contribution >= 4 is 11.6 Å². The number of hydrogen-bond acceptors (Lipinski definition) is 2. The molecule has 110 valence electrons. The lowest BCUT2D eigenvalue weighted by atomic mass is 10.2. The number of rotatable bonds is 4. The first kappa shape index (κ1) is 13.9. The summed E-state index contributed by atoms with van der Waals surface area (Å²) in [7, 11) is 1.61. The van der Waals surface area contributed by atoms with Crippen molar-refractivity contribution in [2.75, 3.05) is 12.4 Å². The van der Waals surface area contributed by atoms with E-state index in [1.54, 1.807) is 7.11 Å². The number of nitrogens with zero attached hydrogens (tertiary/aromatic N) is 1. The number of methoxy groups -OCH3 is 1. The molecule has 0 atom stereocenters. The summed E-state index contributed by atoms with van der Waals surface area (Å²) in [6.07, 6.45) is 3.93. The lowest BCUT2D eigenvalue weighted by Gasteiger charge is -2.08. The van der Waals surface area contributed by atoms with Gasteiger partial charge in [0.25, 0.3) is 5.91 Å². The van der Waals surface area contributed by atoms with Crippen LogP contribution in [0.25, 0.3) is 5.69 Å². The van der Waals surface area contributed by atoms with Crippen LogP contribution in [0.4, 0.5) is 5.69 Å². The van der Waals surface area contributed by atoms with Gasteiger partial charge in [-0.05, 0) is 60.7 Å². The first-order valence-corrected chi connectivity index (χ1v) is 6.95. The lowest BCUT2D eigenvalue weighted by Crippen LogP contribution is -2.11. The van der Waals surface area contributed by atoms with Gasteiger partial charge in [0.05, 0.1) is 7.11 Å². The monoisotopic (exact) mass is 292 g/mol. The SMILES string of the molecule is COc1ccc(NC(=O)c2ccc(-n3cccc3)cc2)cc1. The molecule has 0 aliphatic carbocycles. The Bertz CT molecular complexity index is 745. The highest BCUT2D eigenvalue weighted by molar-refractivity contribution is 6.04. The van der Waals surface area contributed by atoms with E-state index in [-0.39, 0.29) is 5.91 Å². The molecular formula is C18H16N2O2. The summed E-state index contributed by atoms with van der Waals surface area (Å²) in [4.78, 5) is 12.2. The number of amides is 1. The molecule has 0 radical (unpaired) electrons. The van der Waals surface area contributed by atoms with Gasteiger partial charge in [-0.3, -0.25) is 4.79 Å². The van der Waals surface area contributed by atoms with E-state index in [2.05, 4.69) is 5.32 Å². The van der Waals surface area contributed by atoms with Crippen molar-refractivity contribution in [1.82, 2.24) is 4.57 Å².